The fraction of sp³-hybridized carbons (Fsp3) is 0.757. The minimum atomic E-state index is -4.27. The average Bonchev–Trinajstić information content (AvgIpc) is 3.71. The fourth-order valence-corrected chi connectivity index (χ4v) is 6.98. The number of thiazole rings is 1. The van der Waals surface area contributed by atoms with Gasteiger partial charge in [-0.05, 0) is 50.7 Å². The lowest BCUT2D eigenvalue weighted by molar-refractivity contribution is -0.692. The molecule has 2 atom stereocenters. The predicted molar refractivity (Wildman–Crippen MR) is 186 cm³/mol. The highest BCUT2D eigenvalue weighted by atomic mass is 32.2. The molecule has 0 aliphatic carbocycles. The first-order valence-electron chi connectivity index (χ1n) is 18.0. The Labute approximate surface area is 280 Å². The topological polar surface area (TPSA) is 79.5 Å². The maximum absolute atomic E-state index is 10.4. The Morgan fingerprint density at radius 1 is 0.844 bits per heavy atom. The number of aryl methyl sites for hydroxylation is 2. The largest absolute Gasteiger partial charge is 0.744 e. The molecule has 2 heterocycles. The summed E-state index contributed by atoms with van der Waals surface area (Å²) in [4.78, 5) is -0.178. The van der Waals surface area contributed by atoms with Crippen LogP contribution < -0.4 is 4.57 Å². The smallest absolute Gasteiger partial charge is 0.224 e. The SMILES string of the molecule is CCCCCCCCCCCCCCC[C@@H]1CO[C@@H](COCCCCCCC[n+]2ccsc2)C1.Cc1ccc(S(=O)(=O)[O-])cc1. The van der Waals surface area contributed by atoms with Crippen LogP contribution in [0.4, 0.5) is 0 Å². The Kier molecular flexibility index (Phi) is 22.8. The second-order valence-corrected chi connectivity index (χ2v) is 15.1. The molecule has 0 unspecified atom stereocenters. The summed E-state index contributed by atoms with van der Waals surface area (Å²) in [6, 6.07) is 5.78. The van der Waals surface area contributed by atoms with Crippen LogP contribution >= 0.6 is 11.3 Å². The Bertz CT molecular complexity index is 1040. The van der Waals surface area contributed by atoms with Crippen LogP contribution in [0.2, 0.25) is 0 Å². The van der Waals surface area contributed by atoms with Crippen LogP contribution in [0.5, 0.6) is 0 Å². The number of rotatable bonds is 25. The Hall–Kier alpha value is -1.32. The van der Waals surface area contributed by atoms with E-state index < -0.39 is 10.1 Å². The third-order valence-electron chi connectivity index (χ3n) is 8.73. The number of unbranched alkanes of at least 4 members (excludes halogenated alkanes) is 16. The number of ether oxygens (including phenoxy) is 2. The molecule has 1 aliphatic rings. The maximum Gasteiger partial charge on any atom is 0.224 e. The van der Waals surface area contributed by atoms with Crippen molar-refractivity contribution >= 4 is 21.5 Å². The van der Waals surface area contributed by atoms with Crippen LogP contribution in [0.1, 0.15) is 141 Å². The third kappa shape index (κ3) is 21.2. The standard InChI is InChI=1S/C30H56NO2S.C7H8O3S/c1-2-3-4-5-6-7-8-9-10-11-12-14-17-20-29-25-30(33-26-29)27-32-23-19-16-13-15-18-21-31-22-24-34-28-31;1-6-2-4-7(5-3-6)11(8,9)10/h22,24,28-30H,2-21,23,25-27H2,1H3;2-5H,1H3,(H,8,9,10)/q+1;/p-1/t29-,30+;/m0./s1. The van der Waals surface area contributed by atoms with Crippen LogP contribution in [0.3, 0.4) is 0 Å². The van der Waals surface area contributed by atoms with Crippen molar-refractivity contribution in [2.75, 3.05) is 19.8 Å². The molecule has 6 nitrogen and oxygen atoms in total. The van der Waals surface area contributed by atoms with Crippen LogP contribution in [-0.4, -0.2) is 38.9 Å². The summed E-state index contributed by atoms with van der Waals surface area (Å²) >= 11 is 1.77. The van der Waals surface area contributed by atoms with Gasteiger partial charge in [-0.25, -0.2) is 8.42 Å². The highest BCUT2D eigenvalue weighted by Crippen LogP contribution is 2.25. The number of aromatic nitrogens is 1. The van der Waals surface area contributed by atoms with Crippen molar-refractivity contribution in [1.82, 2.24) is 0 Å². The minimum absolute atomic E-state index is 0.178. The van der Waals surface area contributed by atoms with E-state index in [0.29, 0.717) is 6.10 Å². The predicted octanol–water partition coefficient (Wildman–Crippen LogP) is 9.79. The van der Waals surface area contributed by atoms with Crippen molar-refractivity contribution in [3.05, 3.63) is 46.9 Å². The quantitative estimate of drug-likeness (QED) is 0.0599. The van der Waals surface area contributed by atoms with Crippen LogP contribution in [0, 0.1) is 12.8 Å². The molecule has 1 aromatic heterocycles. The number of hydrogen-bond acceptors (Lipinski definition) is 6. The fourth-order valence-electron chi connectivity index (χ4n) is 5.89. The molecule has 45 heavy (non-hydrogen) atoms. The lowest BCUT2D eigenvalue weighted by atomic mass is 9.97. The Balaban J connectivity index is 0.000000537. The molecule has 0 spiro atoms. The maximum atomic E-state index is 10.4. The van der Waals surface area contributed by atoms with Gasteiger partial charge >= 0.3 is 0 Å². The van der Waals surface area contributed by atoms with E-state index in [1.54, 1.807) is 23.5 Å². The number of nitrogens with zero attached hydrogens (tertiary/aromatic N) is 1. The van der Waals surface area contributed by atoms with Gasteiger partial charge in [-0.1, -0.05) is 132 Å². The van der Waals surface area contributed by atoms with E-state index in [9.17, 15) is 13.0 Å². The third-order valence-corrected chi connectivity index (χ3v) is 10.2. The molecule has 0 radical (unpaired) electrons. The Morgan fingerprint density at radius 2 is 1.42 bits per heavy atom. The van der Waals surface area contributed by atoms with E-state index in [-0.39, 0.29) is 4.90 Å². The highest BCUT2D eigenvalue weighted by Gasteiger charge is 2.25. The Morgan fingerprint density at radius 3 is 2.00 bits per heavy atom. The van der Waals surface area contributed by atoms with Gasteiger partial charge in [0.05, 0.1) is 23.0 Å². The summed E-state index contributed by atoms with van der Waals surface area (Å²) in [5.41, 5.74) is 3.13. The lowest BCUT2D eigenvalue weighted by Crippen LogP contribution is -2.29. The summed E-state index contributed by atoms with van der Waals surface area (Å²) in [6.07, 6.45) is 30.2. The van der Waals surface area contributed by atoms with E-state index >= 15 is 0 Å². The number of benzene rings is 1. The molecule has 0 amide bonds. The van der Waals surface area contributed by atoms with E-state index in [2.05, 4.69) is 28.6 Å². The van der Waals surface area contributed by atoms with Gasteiger partial charge in [0.2, 0.25) is 5.51 Å². The molecular weight excluding hydrogens is 603 g/mol. The molecule has 2 aromatic rings. The first kappa shape index (κ1) is 39.9. The van der Waals surface area contributed by atoms with Crippen molar-refractivity contribution in [2.45, 2.75) is 160 Å². The van der Waals surface area contributed by atoms with Crippen molar-refractivity contribution < 1.29 is 27.0 Å². The molecule has 1 fully saturated rings. The van der Waals surface area contributed by atoms with E-state index in [0.717, 1.165) is 31.3 Å². The van der Waals surface area contributed by atoms with E-state index in [1.807, 2.05) is 6.92 Å². The molecule has 0 bridgehead atoms. The molecule has 0 saturated carbocycles. The zero-order chi connectivity index (χ0) is 32.4. The zero-order valence-electron chi connectivity index (χ0n) is 28.5. The van der Waals surface area contributed by atoms with Gasteiger partial charge in [0.25, 0.3) is 0 Å². The van der Waals surface area contributed by atoms with Crippen LogP contribution in [-0.2, 0) is 26.1 Å². The molecule has 1 aliphatic heterocycles. The summed E-state index contributed by atoms with van der Waals surface area (Å²) < 4.78 is 45.4. The van der Waals surface area contributed by atoms with Crippen molar-refractivity contribution in [3.8, 4) is 0 Å². The molecule has 258 valence electrons. The molecule has 1 saturated heterocycles. The monoisotopic (exact) mass is 665 g/mol. The average molecular weight is 666 g/mol. The van der Waals surface area contributed by atoms with Crippen molar-refractivity contribution in [1.29, 1.82) is 0 Å². The van der Waals surface area contributed by atoms with Crippen molar-refractivity contribution in [2.24, 2.45) is 5.92 Å². The van der Waals surface area contributed by atoms with Gasteiger partial charge in [0.1, 0.15) is 16.7 Å². The van der Waals surface area contributed by atoms with Gasteiger partial charge in [-0.3, -0.25) is 0 Å². The van der Waals surface area contributed by atoms with Crippen LogP contribution in [0.25, 0.3) is 0 Å². The second kappa shape index (κ2) is 25.7. The molecular formula is C37H63NO5S2. The van der Waals surface area contributed by atoms with Gasteiger partial charge in [0, 0.05) is 19.6 Å². The lowest BCUT2D eigenvalue weighted by Gasteiger charge is -2.10. The molecule has 1 aromatic carbocycles. The normalized spacial score (nSPS) is 16.5. The first-order chi connectivity index (χ1) is 21.9. The summed E-state index contributed by atoms with van der Waals surface area (Å²) in [6.45, 7) is 7.97. The second-order valence-electron chi connectivity index (χ2n) is 13.0. The van der Waals surface area contributed by atoms with Crippen molar-refractivity contribution in [3.63, 3.8) is 0 Å². The molecule has 3 rings (SSSR count). The summed E-state index contributed by atoms with van der Waals surface area (Å²) in [5, 5.41) is 2.15. The first-order valence-corrected chi connectivity index (χ1v) is 20.4. The molecule has 8 heteroatoms. The zero-order valence-corrected chi connectivity index (χ0v) is 30.1. The van der Waals surface area contributed by atoms with Crippen LogP contribution in [0.15, 0.2) is 46.2 Å². The number of hydrogen-bond donors (Lipinski definition) is 0. The van der Waals surface area contributed by atoms with Gasteiger partial charge in [-0.2, -0.15) is 4.57 Å². The summed E-state index contributed by atoms with van der Waals surface area (Å²) in [5.74, 6) is 0.780. The van der Waals surface area contributed by atoms with Gasteiger partial charge < -0.3 is 14.0 Å². The minimum Gasteiger partial charge on any atom is -0.744 e. The highest BCUT2D eigenvalue weighted by molar-refractivity contribution is 7.85. The van der Waals surface area contributed by atoms with Gasteiger partial charge in [-0.15, -0.1) is 0 Å². The van der Waals surface area contributed by atoms with E-state index in [4.69, 9.17) is 9.47 Å². The summed E-state index contributed by atoms with van der Waals surface area (Å²) in [7, 11) is -4.27. The molecule has 0 N–H and O–H groups in total. The van der Waals surface area contributed by atoms with E-state index in [1.165, 1.54) is 147 Å². The van der Waals surface area contributed by atoms with Gasteiger partial charge in [0.15, 0.2) is 6.20 Å².